The molecule has 0 fully saturated rings. The Kier molecular flexibility index (Phi) is 38.1. The lowest BCUT2D eigenvalue weighted by Crippen LogP contribution is -2.55. The number of hydrogen-bond acceptors (Lipinski definition) is 7. The highest BCUT2D eigenvalue weighted by Crippen LogP contribution is 2.11. The Morgan fingerprint density at radius 1 is 0.517 bits per heavy atom. The second kappa shape index (κ2) is 41.2. The van der Waals surface area contributed by atoms with Crippen LogP contribution in [0.1, 0.15) is 123 Å². The van der Waals surface area contributed by atoms with E-state index < -0.39 is 24.1 Å². The Balaban J connectivity index is 4.46. The van der Waals surface area contributed by atoms with E-state index >= 15 is 0 Å². The average Bonchev–Trinajstić information content (AvgIpc) is 3.21. The smallest absolute Gasteiger partial charge is 0.306 e. The van der Waals surface area contributed by atoms with Crippen molar-refractivity contribution >= 4 is 17.9 Å². The maximum atomic E-state index is 12.7. The minimum Gasteiger partial charge on any atom is -0.544 e. The lowest BCUT2D eigenvalue weighted by molar-refractivity contribution is -0.889. The molecule has 0 saturated carbocycles. The number of hydrogen-bond donors (Lipinski definition) is 0. The summed E-state index contributed by atoms with van der Waals surface area (Å²) >= 11 is 0. The molecule has 0 rings (SSSR count). The summed E-state index contributed by atoms with van der Waals surface area (Å²) in [5.41, 5.74) is 0. The summed E-state index contributed by atoms with van der Waals surface area (Å²) in [6, 6.07) is -0.752. The van der Waals surface area contributed by atoms with Crippen LogP contribution in [0.25, 0.3) is 0 Å². The number of rotatable bonds is 37. The highest BCUT2D eigenvalue weighted by Gasteiger charge is 2.25. The maximum absolute atomic E-state index is 12.7. The van der Waals surface area contributed by atoms with Crippen molar-refractivity contribution in [1.82, 2.24) is 0 Å². The molecule has 0 saturated heterocycles. The molecule has 8 nitrogen and oxygen atoms in total. The van der Waals surface area contributed by atoms with Crippen LogP contribution in [0.5, 0.6) is 0 Å². The van der Waals surface area contributed by atoms with Crippen LogP contribution in [-0.2, 0) is 28.6 Å². The van der Waals surface area contributed by atoms with Gasteiger partial charge in [-0.15, -0.1) is 0 Å². The summed E-state index contributed by atoms with van der Waals surface area (Å²) in [7, 11) is 5.35. The minimum absolute atomic E-state index is 0.00712. The van der Waals surface area contributed by atoms with Crippen molar-refractivity contribution in [2.75, 3.05) is 41.0 Å². The molecular weight excluding hydrogens is 751 g/mol. The van der Waals surface area contributed by atoms with E-state index in [1.807, 2.05) is 54.7 Å². The normalized spacial score (nSPS) is 14.2. The number of carboxylic acid groups (broad SMARTS) is 1. The third kappa shape index (κ3) is 39.0. The Morgan fingerprint density at radius 3 is 1.52 bits per heavy atom. The summed E-state index contributed by atoms with van der Waals surface area (Å²) in [5.74, 6) is -1.89. The molecule has 0 aromatic heterocycles. The number of carbonyl (C=O) groups is 3. The summed E-state index contributed by atoms with van der Waals surface area (Å²) < 4.78 is 17.0. The Bertz CT molecular complexity index is 1430. The van der Waals surface area contributed by atoms with Crippen LogP contribution >= 0.6 is 0 Å². The minimum atomic E-state index is -1.15. The quantitative estimate of drug-likeness (QED) is 0.0202. The molecule has 0 aliphatic carbocycles. The van der Waals surface area contributed by atoms with E-state index in [0.29, 0.717) is 19.3 Å². The van der Waals surface area contributed by atoms with Gasteiger partial charge in [-0.2, -0.15) is 0 Å². The predicted molar refractivity (Wildman–Crippen MR) is 249 cm³/mol. The van der Waals surface area contributed by atoms with E-state index in [4.69, 9.17) is 14.2 Å². The van der Waals surface area contributed by atoms with Crippen LogP contribution in [0.3, 0.4) is 0 Å². The molecule has 0 amide bonds. The molecule has 0 N–H and O–H groups in total. The Hall–Kier alpha value is -4.53. The number of unbranched alkanes of at least 4 members (excludes halogenated alkanes) is 5. The monoisotopic (exact) mass is 830 g/mol. The van der Waals surface area contributed by atoms with Crippen LogP contribution in [0.2, 0.25) is 0 Å². The van der Waals surface area contributed by atoms with Crippen LogP contribution in [0, 0.1) is 0 Å². The molecule has 0 bridgehead atoms. The van der Waals surface area contributed by atoms with Gasteiger partial charge in [0.2, 0.25) is 0 Å². The van der Waals surface area contributed by atoms with E-state index in [-0.39, 0.29) is 43.1 Å². The van der Waals surface area contributed by atoms with Crippen molar-refractivity contribution in [3.63, 3.8) is 0 Å². The molecule has 2 atom stereocenters. The average molecular weight is 830 g/mol. The standard InChI is InChI=1S/C52H79NO7/c1-6-8-10-12-14-16-18-20-21-22-23-24-25-26-27-28-29-31-32-34-36-38-40-42-50(54)59-47-48(46-58-45-44-49(52(56)57)53(3,4)5)60-51(55)43-41-39-37-35-33-30-19-17-15-13-11-9-7-2/h8-11,13-17,19-21,23-24,26-27,29-31,33,35,37,48-49H,6-7,12,18,22,25,28,32,34,36,38-47H2,1-5H3/b10-8+,11-9+,15-13+,16-14+,19-17+,21-20+,24-23+,27-26+,31-29+,33-30+,37-35+. The van der Waals surface area contributed by atoms with Crippen molar-refractivity contribution < 1.29 is 38.2 Å². The highest BCUT2D eigenvalue weighted by atomic mass is 16.6. The molecule has 0 aliphatic heterocycles. The first-order valence-electron chi connectivity index (χ1n) is 22.3. The third-order valence-electron chi connectivity index (χ3n) is 8.91. The molecular formula is C52H79NO7. The number of carboxylic acids is 1. The molecule has 60 heavy (non-hydrogen) atoms. The van der Waals surface area contributed by atoms with Gasteiger partial charge >= 0.3 is 11.9 Å². The fraction of sp³-hybridized carbons (Fsp3) is 0.519. The van der Waals surface area contributed by atoms with Gasteiger partial charge in [0, 0.05) is 19.3 Å². The summed E-state index contributed by atoms with van der Waals surface area (Å²) in [4.78, 5) is 36.8. The van der Waals surface area contributed by atoms with E-state index in [9.17, 15) is 19.5 Å². The number of ether oxygens (including phenoxy) is 3. The first-order chi connectivity index (χ1) is 29.1. The summed E-state index contributed by atoms with van der Waals surface area (Å²) in [6.07, 6.45) is 59.2. The lowest BCUT2D eigenvalue weighted by Gasteiger charge is -2.34. The maximum Gasteiger partial charge on any atom is 0.306 e. The largest absolute Gasteiger partial charge is 0.544 e. The van der Waals surface area contributed by atoms with E-state index in [1.54, 1.807) is 21.1 Å². The molecule has 0 radical (unpaired) electrons. The molecule has 2 unspecified atom stereocenters. The van der Waals surface area contributed by atoms with E-state index in [2.05, 4.69) is 92.8 Å². The SMILES string of the molecule is CC/C=C/C=C/C=C/C=C/C=C/CCCC(=O)OC(COCCC(C(=O)[O-])[N+](C)(C)C)COC(=O)CCCCCC/C=C/C/C=C/C/C=C/C/C=C/C/C=C/C/C=C/CC. The van der Waals surface area contributed by atoms with Crippen molar-refractivity contribution in [2.24, 2.45) is 0 Å². The van der Waals surface area contributed by atoms with Gasteiger partial charge in [-0.05, 0) is 77.0 Å². The Labute approximate surface area is 364 Å². The lowest BCUT2D eigenvalue weighted by atomic mass is 10.1. The molecule has 0 aromatic rings. The number of allylic oxidation sites excluding steroid dienone is 22. The molecule has 334 valence electrons. The van der Waals surface area contributed by atoms with Gasteiger partial charge in [0.1, 0.15) is 12.6 Å². The number of quaternary nitrogens is 1. The first-order valence-corrected chi connectivity index (χ1v) is 22.3. The van der Waals surface area contributed by atoms with Crippen LogP contribution in [0.15, 0.2) is 134 Å². The van der Waals surface area contributed by atoms with Crippen molar-refractivity contribution in [3.8, 4) is 0 Å². The predicted octanol–water partition coefficient (Wildman–Crippen LogP) is 11.1. The topological polar surface area (TPSA) is 102 Å². The van der Waals surface area contributed by atoms with Crippen LogP contribution in [-0.4, -0.2) is 75.5 Å². The fourth-order valence-electron chi connectivity index (χ4n) is 5.51. The molecule has 0 spiro atoms. The van der Waals surface area contributed by atoms with Crippen molar-refractivity contribution in [3.05, 3.63) is 134 Å². The second-order valence-electron chi connectivity index (χ2n) is 15.3. The number of carbonyl (C=O) groups excluding carboxylic acids is 3. The van der Waals surface area contributed by atoms with Crippen molar-refractivity contribution in [1.29, 1.82) is 0 Å². The third-order valence-corrected chi connectivity index (χ3v) is 8.91. The molecule has 8 heteroatoms. The summed E-state index contributed by atoms with van der Waals surface area (Å²) in [6.45, 7) is 4.25. The van der Waals surface area contributed by atoms with E-state index in [0.717, 1.165) is 77.0 Å². The number of likely N-dealkylation sites (N-methyl/N-ethyl adjacent to an activating group) is 1. The van der Waals surface area contributed by atoms with Crippen molar-refractivity contribution in [2.45, 2.75) is 135 Å². The van der Waals surface area contributed by atoms with Gasteiger partial charge in [-0.25, -0.2) is 0 Å². The van der Waals surface area contributed by atoms with Gasteiger partial charge in [0.25, 0.3) is 0 Å². The Morgan fingerprint density at radius 2 is 0.983 bits per heavy atom. The van der Waals surface area contributed by atoms with Gasteiger partial charge < -0.3 is 28.6 Å². The van der Waals surface area contributed by atoms with Gasteiger partial charge in [0.15, 0.2) is 6.10 Å². The van der Waals surface area contributed by atoms with Gasteiger partial charge in [-0.1, -0.05) is 160 Å². The zero-order chi connectivity index (χ0) is 44.2. The number of aliphatic carboxylic acids is 1. The zero-order valence-electron chi connectivity index (χ0n) is 37.8. The van der Waals surface area contributed by atoms with Gasteiger partial charge in [0.05, 0.1) is 40.3 Å². The van der Waals surface area contributed by atoms with Gasteiger partial charge in [-0.3, -0.25) is 9.59 Å². The zero-order valence-corrected chi connectivity index (χ0v) is 37.8. The van der Waals surface area contributed by atoms with Crippen LogP contribution < -0.4 is 5.11 Å². The number of esters is 2. The first kappa shape index (κ1) is 55.5. The fourth-order valence-corrected chi connectivity index (χ4v) is 5.51. The highest BCUT2D eigenvalue weighted by molar-refractivity contribution is 5.70. The number of nitrogens with zero attached hydrogens (tertiary/aromatic N) is 1. The summed E-state index contributed by atoms with van der Waals surface area (Å²) in [5, 5.41) is 11.6. The molecule has 0 heterocycles. The molecule has 0 aliphatic rings. The second-order valence-corrected chi connectivity index (χ2v) is 15.3. The van der Waals surface area contributed by atoms with E-state index in [1.165, 1.54) is 0 Å². The van der Waals surface area contributed by atoms with Crippen LogP contribution in [0.4, 0.5) is 0 Å². The molecule has 0 aromatic carbocycles.